The molecule has 0 bridgehead atoms. The van der Waals surface area contributed by atoms with Crippen LogP contribution in [0.25, 0.3) is 11.3 Å². The third kappa shape index (κ3) is 2.94. The zero-order valence-corrected chi connectivity index (χ0v) is 16.3. The van der Waals surface area contributed by atoms with Gasteiger partial charge in [0.15, 0.2) is 5.13 Å². The third-order valence-corrected chi connectivity index (χ3v) is 5.96. The molecule has 1 amide bonds. The van der Waals surface area contributed by atoms with Crippen LogP contribution in [0.4, 0.5) is 5.13 Å². The smallest absolute Gasteiger partial charge is 0.257 e. The van der Waals surface area contributed by atoms with E-state index in [0.717, 1.165) is 32.8 Å². The molecule has 1 aliphatic carbocycles. The first-order valence-electron chi connectivity index (χ1n) is 7.49. The molecule has 25 heavy (non-hydrogen) atoms. The van der Waals surface area contributed by atoms with Crippen molar-refractivity contribution in [2.75, 3.05) is 12.4 Å². The number of benzene rings is 2. The van der Waals surface area contributed by atoms with E-state index in [-0.39, 0.29) is 5.91 Å². The summed E-state index contributed by atoms with van der Waals surface area (Å²) >= 11 is 11.0. The van der Waals surface area contributed by atoms with Crippen molar-refractivity contribution in [3.05, 3.63) is 61.9 Å². The Labute approximate surface area is 161 Å². The molecule has 0 atom stereocenters. The number of fused-ring (bicyclic) bond motifs is 3. The van der Waals surface area contributed by atoms with Gasteiger partial charge in [-0.25, -0.2) is 4.98 Å². The van der Waals surface area contributed by atoms with Crippen molar-refractivity contribution < 1.29 is 9.53 Å². The molecule has 0 fully saturated rings. The zero-order chi connectivity index (χ0) is 17.6. The van der Waals surface area contributed by atoms with Crippen LogP contribution in [0.3, 0.4) is 0 Å². The average Bonchev–Trinajstić information content (AvgIpc) is 3.13. The normalized spacial score (nSPS) is 11.8. The van der Waals surface area contributed by atoms with Crippen LogP contribution in [0, 0.1) is 0 Å². The molecule has 0 saturated carbocycles. The highest BCUT2D eigenvalue weighted by atomic mass is 79.9. The number of carbonyl (C=O) groups is 1. The van der Waals surface area contributed by atoms with Crippen molar-refractivity contribution in [1.82, 2.24) is 4.98 Å². The Morgan fingerprint density at radius 1 is 1.36 bits per heavy atom. The molecule has 3 aromatic rings. The van der Waals surface area contributed by atoms with E-state index < -0.39 is 0 Å². The predicted molar refractivity (Wildman–Crippen MR) is 104 cm³/mol. The number of nitrogens with one attached hydrogen (secondary N) is 1. The molecule has 0 saturated heterocycles. The van der Waals surface area contributed by atoms with Crippen molar-refractivity contribution in [3.8, 4) is 17.0 Å². The van der Waals surface area contributed by atoms with Crippen molar-refractivity contribution in [2.45, 2.75) is 6.42 Å². The predicted octanol–water partition coefficient (Wildman–Crippen LogP) is 5.39. The fourth-order valence-electron chi connectivity index (χ4n) is 2.88. The number of anilines is 1. The average molecular weight is 436 g/mol. The highest BCUT2D eigenvalue weighted by Gasteiger charge is 2.29. The van der Waals surface area contributed by atoms with Gasteiger partial charge in [-0.3, -0.25) is 10.1 Å². The fraction of sp³-hybridized carbons (Fsp3) is 0.111. The summed E-state index contributed by atoms with van der Waals surface area (Å²) in [6, 6.07) is 10.7. The number of aromatic nitrogens is 1. The number of halogens is 2. The van der Waals surface area contributed by atoms with E-state index in [2.05, 4.69) is 26.2 Å². The topological polar surface area (TPSA) is 51.2 Å². The van der Waals surface area contributed by atoms with Crippen molar-refractivity contribution in [2.24, 2.45) is 0 Å². The molecule has 0 aliphatic heterocycles. The van der Waals surface area contributed by atoms with Crippen molar-refractivity contribution in [3.63, 3.8) is 0 Å². The van der Waals surface area contributed by atoms with E-state index in [1.165, 1.54) is 16.9 Å². The van der Waals surface area contributed by atoms with Gasteiger partial charge in [0.25, 0.3) is 5.91 Å². The Hall–Kier alpha value is -1.89. The highest BCUT2D eigenvalue weighted by molar-refractivity contribution is 9.10. The molecule has 0 radical (unpaired) electrons. The Morgan fingerprint density at radius 3 is 2.96 bits per heavy atom. The van der Waals surface area contributed by atoms with E-state index in [4.69, 9.17) is 16.3 Å². The largest absolute Gasteiger partial charge is 0.496 e. The van der Waals surface area contributed by atoms with Crippen LogP contribution >= 0.6 is 38.9 Å². The van der Waals surface area contributed by atoms with Gasteiger partial charge < -0.3 is 4.74 Å². The van der Waals surface area contributed by atoms with Gasteiger partial charge in [-0.05, 0) is 35.9 Å². The van der Waals surface area contributed by atoms with E-state index >= 15 is 0 Å². The number of thiazole rings is 1. The molecule has 0 spiro atoms. The summed E-state index contributed by atoms with van der Waals surface area (Å²) in [4.78, 5) is 18.1. The molecule has 1 aliphatic rings. The molecule has 4 nitrogen and oxygen atoms in total. The highest BCUT2D eigenvalue weighted by Crippen LogP contribution is 2.48. The van der Waals surface area contributed by atoms with Gasteiger partial charge in [0, 0.05) is 31.9 Å². The van der Waals surface area contributed by atoms with Gasteiger partial charge in [0.2, 0.25) is 0 Å². The maximum absolute atomic E-state index is 12.4. The minimum absolute atomic E-state index is 0.226. The maximum atomic E-state index is 12.4. The fourth-order valence-corrected chi connectivity index (χ4v) is 4.52. The number of carbonyl (C=O) groups excluding carboxylic acids is 1. The molecule has 1 N–H and O–H groups in total. The summed E-state index contributed by atoms with van der Waals surface area (Å²) in [5.74, 6) is 0.561. The molecule has 2 aromatic carbocycles. The quantitative estimate of drug-likeness (QED) is 0.469. The van der Waals surface area contributed by atoms with Gasteiger partial charge in [0.1, 0.15) is 5.75 Å². The number of hydrogen-bond donors (Lipinski definition) is 1. The molecule has 4 rings (SSSR count). The van der Waals surface area contributed by atoms with Crippen LogP contribution in [0.5, 0.6) is 5.75 Å². The van der Waals surface area contributed by atoms with Gasteiger partial charge in [-0.15, -0.1) is 11.3 Å². The third-order valence-electron chi connectivity index (χ3n) is 4.02. The first-order valence-corrected chi connectivity index (χ1v) is 9.48. The number of amides is 1. The lowest BCUT2D eigenvalue weighted by Crippen LogP contribution is -2.11. The lowest BCUT2D eigenvalue weighted by atomic mass is 10.1. The summed E-state index contributed by atoms with van der Waals surface area (Å²) in [5, 5.41) is 3.95. The molecule has 126 valence electrons. The van der Waals surface area contributed by atoms with E-state index in [9.17, 15) is 4.79 Å². The van der Waals surface area contributed by atoms with Crippen LogP contribution in [0.2, 0.25) is 5.02 Å². The summed E-state index contributed by atoms with van der Waals surface area (Å²) < 4.78 is 6.52. The lowest BCUT2D eigenvalue weighted by molar-refractivity contribution is 0.102. The molecule has 1 aromatic heterocycles. The molecular weight excluding hydrogens is 424 g/mol. The van der Waals surface area contributed by atoms with Gasteiger partial charge >= 0.3 is 0 Å². The van der Waals surface area contributed by atoms with Gasteiger partial charge in [-0.2, -0.15) is 0 Å². The number of rotatable bonds is 3. The van der Waals surface area contributed by atoms with E-state index in [1.54, 1.807) is 31.4 Å². The lowest BCUT2D eigenvalue weighted by Gasteiger charge is -2.09. The van der Waals surface area contributed by atoms with Gasteiger partial charge in [-0.1, -0.05) is 33.6 Å². The summed E-state index contributed by atoms with van der Waals surface area (Å²) in [6.45, 7) is 0. The van der Waals surface area contributed by atoms with E-state index in [0.29, 0.717) is 15.7 Å². The number of ether oxygens (including phenoxy) is 1. The summed E-state index contributed by atoms with van der Waals surface area (Å²) in [7, 11) is 1.65. The van der Waals surface area contributed by atoms with Crippen molar-refractivity contribution in [1.29, 1.82) is 0 Å². The first kappa shape index (κ1) is 16.6. The second kappa shape index (κ2) is 6.44. The van der Waals surface area contributed by atoms with Crippen LogP contribution < -0.4 is 10.1 Å². The van der Waals surface area contributed by atoms with Crippen molar-refractivity contribution >= 4 is 49.9 Å². The molecule has 0 unspecified atom stereocenters. The molecular formula is C18H12BrClN2O2S. The minimum Gasteiger partial charge on any atom is -0.496 e. The Kier molecular flexibility index (Phi) is 4.27. The van der Waals surface area contributed by atoms with E-state index in [1.807, 2.05) is 12.1 Å². The second-order valence-electron chi connectivity index (χ2n) is 5.54. The first-order chi connectivity index (χ1) is 12.1. The molecule has 7 heteroatoms. The Morgan fingerprint density at radius 2 is 2.20 bits per heavy atom. The number of methoxy groups -OCH3 is 1. The van der Waals surface area contributed by atoms with Crippen LogP contribution in [0.1, 0.15) is 20.8 Å². The summed E-state index contributed by atoms with van der Waals surface area (Å²) in [5.41, 5.74) is 3.54. The van der Waals surface area contributed by atoms with Crippen LogP contribution in [0.15, 0.2) is 40.9 Å². The SMILES string of the molecule is COc1ccc(Br)c2c1-c1nc(NC(=O)c3cccc(Cl)c3)sc1C2. The zero-order valence-electron chi connectivity index (χ0n) is 13.1. The monoisotopic (exact) mass is 434 g/mol. The second-order valence-corrected chi connectivity index (χ2v) is 7.91. The standard InChI is InChI=1S/C18H12BrClN2O2S/c1-24-13-6-5-12(19)11-8-14-16(15(11)13)21-18(25-14)22-17(23)9-3-2-4-10(20)7-9/h2-7H,8H2,1H3,(H,21,22,23). The van der Waals surface area contributed by atoms with Crippen LogP contribution in [-0.2, 0) is 6.42 Å². The number of nitrogens with zero attached hydrogens (tertiary/aromatic N) is 1. The minimum atomic E-state index is -0.226. The van der Waals surface area contributed by atoms with Gasteiger partial charge in [0.05, 0.1) is 12.8 Å². The maximum Gasteiger partial charge on any atom is 0.257 e. The number of hydrogen-bond acceptors (Lipinski definition) is 4. The Balaban J connectivity index is 1.66. The molecule has 1 heterocycles. The van der Waals surface area contributed by atoms with Crippen LogP contribution in [-0.4, -0.2) is 18.0 Å². The summed E-state index contributed by atoms with van der Waals surface area (Å²) in [6.07, 6.45) is 0.771. The Bertz CT molecular complexity index is 1000.